The Bertz CT molecular complexity index is 516. The summed E-state index contributed by atoms with van der Waals surface area (Å²) >= 11 is 0. The third kappa shape index (κ3) is 2.25. The van der Waals surface area contributed by atoms with Crippen molar-refractivity contribution in [3.8, 4) is 0 Å². The lowest BCUT2D eigenvalue weighted by atomic mass is 9.63. The fraction of sp³-hybridized carbons (Fsp3) is 1.00. The van der Waals surface area contributed by atoms with Crippen molar-refractivity contribution in [1.29, 1.82) is 0 Å². The topological polar surface area (TPSA) is 18.5 Å². The number of fused-ring (bicyclic) bond motifs is 9. The minimum Gasteiger partial charge on any atom is -0.359 e. The Kier molecular flexibility index (Phi) is 3.94. The van der Waals surface area contributed by atoms with Crippen molar-refractivity contribution < 1.29 is 35.8 Å². The number of hydrogen-bond donors (Lipinski definition) is 0. The molecule has 25 heavy (non-hydrogen) atoms. The Morgan fingerprint density at radius 2 is 1.40 bits per heavy atom. The normalized spacial score (nSPS) is 43.1. The van der Waals surface area contributed by atoms with Crippen LogP contribution in [0.4, 0.5) is 26.3 Å². The van der Waals surface area contributed by atoms with E-state index in [4.69, 9.17) is 0 Å². The molecule has 4 fully saturated rings. The average Bonchev–Trinajstić information content (AvgIpc) is 3.23. The van der Waals surface area contributed by atoms with Crippen molar-refractivity contribution in [3.63, 3.8) is 0 Å². The van der Waals surface area contributed by atoms with Crippen LogP contribution in [0, 0.1) is 41.4 Å². The van der Waals surface area contributed by atoms with Crippen LogP contribution in [0.2, 0.25) is 0 Å². The molecule has 4 aliphatic rings. The molecule has 0 radical (unpaired) electrons. The maximum absolute atomic E-state index is 13.8. The van der Waals surface area contributed by atoms with Gasteiger partial charge >= 0.3 is 12.4 Å². The van der Waals surface area contributed by atoms with E-state index in [9.17, 15) is 26.3 Å². The molecular formula is C17H22F6O2. The van der Waals surface area contributed by atoms with Gasteiger partial charge in [-0.1, -0.05) is 0 Å². The van der Waals surface area contributed by atoms with Gasteiger partial charge in [0.1, 0.15) is 6.79 Å². The Morgan fingerprint density at radius 3 is 1.96 bits per heavy atom. The summed E-state index contributed by atoms with van der Waals surface area (Å²) in [4.78, 5) is 0. The first kappa shape index (κ1) is 17.9. The lowest BCUT2D eigenvalue weighted by Gasteiger charge is -2.48. The van der Waals surface area contributed by atoms with E-state index in [1.54, 1.807) is 0 Å². The maximum Gasteiger partial charge on any atom is 0.426 e. The summed E-state index contributed by atoms with van der Waals surface area (Å²) in [6, 6.07) is 0. The van der Waals surface area contributed by atoms with Crippen LogP contribution in [0.25, 0.3) is 0 Å². The fourth-order valence-corrected chi connectivity index (χ4v) is 7.04. The molecule has 2 nitrogen and oxygen atoms in total. The van der Waals surface area contributed by atoms with E-state index < -0.39 is 36.6 Å². The highest BCUT2D eigenvalue weighted by Gasteiger charge is 2.80. The minimum absolute atomic E-state index is 0.0118. The lowest BCUT2D eigenvalue weighted by Crippen LogP contribution is -2.65. The van der Waals surface area contributed by atoms with E-state index in [0.717, 1.165) is 26.4 Å². The number of halogens is 6. The van der Waals surface area contributed by atoms with E-state index in [2.05, 4.69) is 9.47 Å². The SMILES string of the molecule is COCOC(C1CC2CC1C1C3CCC(C3)C21)(C(F)(F)F)C(F)(F)F. The van der Waals surface area contributed by atoms with Gasteiger partial charge in [0.15, 0.2) is 0 Å². The Balaban J connectivity index is 1.72. The summed E-state index contributed by atoms with van der Waals surface area (Å²) < 4.78 is 91.8. The highest BCUT2D eigenvalue weighted by Crippen LogP contribution is 2.72. The van der Waals surface area contributed by atoms with E-state index in [0.29, 0.717) is 24.2 Å². The Morgan fingerprint density at radius 1 is 0.800 bits per heavy atom. The minimum atomic E-state index is -5.52. The molecule has 0 heterocycles. The van der Waals surface area contributed by atoms with Crippen LogP contribution in [0.15, 0.2) is 0 Å². The molecule has 0 aliphatic heterocycles. The molecule has 4 rings (SSSR count). The lowest BCUT2D eigenvalue weighted by molar-refractivity contribution is -0.413. The fourth-order valence-electron chi connectivity index (χ4n) is 7.04. The van der Waals surface area contributed by atoms with Crippen molar-refractivity contribution >= 4 is 0 Å². The predicted molar refractivity (Wildman–Crippen MR) is 75.3 cm³/mol. The zero-order valence-corrected chi connectivity index (χ0v) is 13.9. The number of methoxy groups -OCH3 is 1. The quantitative estimate of drug-likeness (QED) is 0.401. The van der Waals surface area contributed by atoms with Crippen molar-refractivity contribution in [2.45, 2.75) is 50.1 Å². The third-order valence-corrected chi connectivity index (χ3v) is 7.50. The van der Waals surface area contributed by atoms with Crippen molar-refractivity contribution in [1.82, 2.24) is 0 Å². The van der Waals surface area contributed by atoms with Crippen molar-refractivity contribution in [2.75, 3.05) is 13.9 Å². The molecule has 8 heteroatoms. The van der Waals surface area contributed by atoms with Gasteiger partial charge in [-0.2, -0.15) is 26.3 Å². The second-order valence-electron chi connectivity index (χ2n) is 8.27. The smallest absolute Gasteiger partial charge is 0.359 e. The van der Waals surface area contributed by atoms with Crippen LogP contribution in [0.3, 0.4) is 0 Å². The number of rotatable bonds is 4. The second kappa shape index (κ2) is 5.50. The predicted octanol–water partition coefficient (Wildman–Crippen LogP) is 4.79. The largest absolute Gasteiger partial charge is 0.426 e. The first-order valence-electron chi connectivity index (χ1n) is 8.88. The molecule has 0 saturated heterocycles. The third-order valence-electron chi connectivity index (χ3n) is 7.50. The van der Waals surface area contributed by atoms with Gasteiger partial charge in [0.05, 0.1) is 0 Å². The van der Waals surface area contributed by atoms with E-state index in [1.165, 1.54) is 0 Å². The molecule has 7 atom stereocenters. The first-order chi connectivity index (χ1) is 11.6. The molecule has 0 spiro atoms. The average molecular weight is 372 g/mol. The summed E-state index contributed by atoms with van der Waals surface area (Å²) in [6.45, 7) is -1.02. The number of ether oxygens (including phenoxy) is 2. The number of alkyl halides is 6. The van der Waals surface area contributed by atoms with Crippen LogP contribution < -0.4 is 0 Å². The Hall–Kier alpha value is -0.500. The molecule has 0 aromatic rings. The van der Waals surface area contributed by atoms with Crippen molar-refractivity contribution in [2.24, 2.45) is 41.4 Å². The molecule has 7 unspecified atom stereocenters. The van der Waals surface area contributed by atoms with Crippen LogP contribution in [-0.2, 0) is 9.47 Å². The van der Waals surface area contributed by atoms with Gasteiger partial charge in [-0.05, 0) is 67.6 Å². The molecule has 144 valence electrons. The molecular weight excluding hydrogens is 350 g/mol. The molecule has 0 aromatic carbocycles. The summed E-state index contributed by atoms with van der Waals surface area (Å²) in [5, 5.41) is 0. The van der Waals surface area contributed by atoms with E-state index in [1.807, 2.05) is 0 Å². The van der Waals surface area contributed by atoms with Crippen molar-refractivity contribution in [3.05, 3.63) is 0 Å². The van der Waals surface area contributed by atoms with Crippen LogP contribution >= 0.6 is 0 Å². The van der Waals surface area contributed by atoms with E-state index in [-0.39, 0.29) is 18.3 Å². The number of hydrogen-bond acceptors (Lipinski definition) is 2. The maximum atomic E-state index is 13.8. The van der Waals surface area contributed by atoms with Gasteiger partial charge in [-0.3, -0.25) is 0 Å². The zero-order chi connectivity index (χ0) is 18.2. The molecule has 4 saturated carbocycles. The van der Waals surface area contributed by atoms with Gasteiger partial charge in [0.2, 0.25) is 0 Å². The van der Waals surface area contributed by atoms with Gasteiger partial charge in [0.25, 0.3) is 5.60 Å². The highest BCUT2D eigenvalue weighted by atomic mass is 19.4. The summed E-state index contributed by atoms with van der Waals surface area (Å²) in [6.07, 6.45) is -7.58. The summed E-state index contributed by atoms with van der Waals surface area (Å²) in [5.74, 6) is -0.977. The highest BCUT2D eigenvalue weighted by molar-refractivity contribution is 5.16. The molecule has 0 N–H and O–H groups in total. The zero-order valence-electron chi connectivity index (χ0n) is 13.9. The van der Waals surface area contributed by atoms with Crippen LogP contribution in [-0.4, -0.2) is 31.9 Å². The van der Waals surface area contributed by atoms with Gasteiger partial charge < -0.3 is 9.47 Å². The second-order valence-corrected chi connectivity index (χ2v) is 8.27. The molecule has 0 amide bonds. The summed E-state index contributed by atoms with van der Waals surface area (Å²) in [7, 11) is 1.03. The van der Waals surface area contributed by atoms with Crippen LogP contribution in [0.5, 0.6) is 0 Å². The van der Waals surface area contributed by atoms with Gasteiger partial charge in [-0.15, -0.1) is 0 Å². The van der Waals surface area contributed by atoms with Crippen LogP contribution in [0.1, 0.15) is 32.1 Å². The summed E-state index contributed by atoms with van der Waals surface area (Å²) in [5.41, 5.74) is -4.12. The van der Waals surface area contributed by atoms with E-state index >= 15 is 0 Å². The monoisotopic (exact) mass is 372 g/mol. The first-order valence-corrected chi connectivity index (χ1v) is 8.88. The molecule has 0 aromatic heterocycles. The molecule has 4 bridgehead atoms. The van der Waals surface area contributed by atoms with Gasteiger partial charge in [-0.25, -0.2) is 0 Å². The Labute approximate surface area is 142 Å². The molecule has 4 aliphatic carbocycles. The standard InChI is InChI=1S/C17H22F6O2/c1-24-7-25-15(16(18,19)20,17(21,22)23)12-6-10-5-11(12)14-9-3-2-8(4-9)13(10)14/h8-14H,2-7H2,1H3. The van der Waals surface area contributed by atoms with Gasteiger partial charge in [0, 0.05) is 13.0 Å².